The summed E-state index contributed by atoms with van der Waals surface area (Å²) in [4.78, 5) is 18.9. The SMILES string of the molecule is C[C@@H]1CN(c2cc(=O)n(C)c3ccc(C#N)nc23)CC[C@H]1Oc1ccc(F)c(F)c1. The maximum absolute atomic E-state index is 13.5. The van der Waals surface area contributed by atoms with Gasteiger partial charge in [-0.15, -0.1) is 0 Å². The molecule has 154 valence electrons. The second kappa shape index (κ2) is 7.75. The van der Waals surface area contributed by atoms with Crippen LogP contribution < -0.4 is 15.2 Å². The van der Waals surface area contributed by atoms with Gasteiger partial charge in [0, 0.05) is 44.6 Å². The van der Waals surface area contributed by atoms with Crippen LogP contribution in [0.15, 0.2) is 41.2 Å². The average Bonchev–Trinajstić information content (AvgIpc) is 2.74. The molecule has 0 unspecified atom stereocenters. The van der Waals surface area contributed by atoms with Crippen molar-refractivity contribution in [3.8, 4) is 11.8 Å². The van der Waals surface area contributed by atoms with Crippen molar-refractivity contribution in [3.63, 3.8) is 0 Å². The van der Waals surface area contributed by atoms with E-state index >= 15 is 0 Å². The zero-order valence-corrected chi connectivity index (χ0v) is 16.6. The van der Waals surface area contributed by atoms with Gasteiger partial charge in [0.2, 0.25) is 0 Å². The fraction of sp³-hybridized carbons (Fsp3) is 0.318. The van der Waals surface area contributed by atoms with Gasteiger partial charge in [0.25, 0.3) is 5.56 Å². The predicted octanol–water partition coefficient (Wildman–Crippen LogP) is 3.38. The lowest BCUT2D eigenvalue weighted by Gasteiger charge is -2.38. The Morgan fingerprint density at radius 2 is 2.00 bits per heavy atom. The van der Waals surface area contributed by atoms with E-state index < -0.39 is 11.6 Å². The summed E-state index contributed by atoms with van der Waals surface area (Å²) in [6, 6.07) is 10.4. The highest BCUT2D eigenvalue weighted by Gasteiger charge is 2.29. The van der Waals surface area contributed by atoms with Crippen molar-refractivity contribution < 1.29 is 13.5 Å². The zero-order chi connectivity index (χ0) is 21.4. The predicted molar refractivity (Wildman–Crippen MR) is 108 cm³/mol. The van der Waals surface area contributed by atoms with E-state index in [0.29, 0.717) is 42.0 Å². The van der Waals surface area contributed by atoms with Crippen LogP contribution in [-0.4, -0.2) is 28.7 Å². The number of rotatable bonds is 3. The minimum Gasteiger partial charge on any atom is -0.490 e. The summed E-state index contributed by atoms with van der Waals surface area (Å²) in [5.41, 5.74) is 2.07. The van der Waals surface area contributed by atoms with E-state index in [-0.39, 0.29) is 23.3 Å². The smallest absolute Gasteiger partial charge is 0.252 e. The number of aromatic nitrogens is 2. The number of anilines is 1. The minimum absolute atomic E-state index is 0.0603. The quantitative estimate of drug-likeness (QED) is 0.662. The molecule has 0 bridgehead atoms. The molecule has 0 saturated carbocycles. The number of nitrogens with zero attached hydrogens (tertiary/aromatic N) is 4. The fourth-order valence-corrected chi connectivity index (χ4v) is 3.86. The topological polar surface area (TPSA) is 71.2 Å². The first-order valence-corrected chi connectivity index (χ1v) is 9.65. The number of aryl methyl sites for hydroxylation is 1. The normalized spacial score (nSPS) is 19.0. The van der Waals surface area contributed by atoms with E-state index in [1.54, 1.807) is 25.2 Å². The molecule has 1 saturated heterocycles. The fourth-order valence-electron chi connectivity index (χ4n) is 3.86. The van der Waals surface area contributed by atoms with E-state index in [2.05, 4.69) is 9.88 Å². The summed E-state index contributed by atoms with van der Waals surface area (Å²) in [6.07, 6.45) is 0.459. The summed E-state index contributed by atoms with van der Waals surface area (Å²) in [5, 5.41) is 9.21. The number of benzene rings is 1. The molecule has 8 heteroatoms. The first-order chi connectivity index (χ1) is 14.4. The highest BCUT2D eigenvalue weighted by atomic mass is 19.2. The summed E-state index contributed by atoms with van der Waals surface area (Å²) in [6.45, 7) is 3.20. The summed E-state index contributed by atoms with van der Waals surface area (Å²) in [7, 11) is 1.67. The maximum Gasteiger partial charge on any atom is 0.252 e. The Hall–Kier alpha value is -3.47. The highest BCUT2D eigenvalue weighted by Crippen LogP contribution is 2.30. The molecule has 0 aliphatic carbocycles. The number of hydrogen-bond acceptors (Lipinski definition) is 5. The van der Waals surface area contributed by atoms with Gasteiger partial charge in [0.1, 0.15) is 29.1 Å². The van der Waals surface area contributed by atoms with Crippen molar-refractivity contribution in [3.05, 3.63) is 64.1 Å². The molecule has 3 aromatic rings. The molecule has 0 spiro atoms. The molecule has 1 fully saturated rings. The van der Waals surface area contributed by atoms with Crippen LogP contribution in [0.3, 0.4) is 0 Å². The summed E-state index contributed by atoms with van der Waals surface area (Å²) < 4.78 is 34.0. The molecule has 1 aliphatic rings. The van der Waals surface area contributed by atoms with Gasteiger partial charge < -0.3 is 14.2 Å². The van der Waals surface area contributed by atoms with Crippen LogP contribution in [-0.2, 0) is 7.05 Å². The van der Waals surface area contributed by atoms with Gasteiger partial charge in [-0.2, -0.15) is 5.26 Å². The maximum atomic E-state index is 13.5. The van der Waals surface area contributed by atoms with Crippen LogP contribution in [0.1, 0.15) is 19.0 Å². The first kappa shape index (κ1) is 19.8. The van der Waals surface area contributed by atoms with Gasteiger partial charge in [-0.3, -0.25) is 4.79 Å². The molecule has 30 heavy (non-hydrogen) atoms. The standard InChI is InChI=1S/C22H20F2N4O2/c1-13-12-28(8-7-20(13)30-15-4-5-16(23)17(24)9-15)19-10-21(29)27(2)18-6-3-14(11-25)26-22(18)19/h3-6,9-10,13,20H,7-8,12H2,1-2H3/t13-,20-/m1/s1. The number of fused-ring (bicyclic) bond motifs is 1. The van der Waals surface area contributed by atoms with Gasteiger partial charge in [0.05, 0.1) is 11.2 Å². The van der Waals surface area contributed by atoms with E-state index in [4.69, 9.17) is 4.74 Å². The number of nitriles is 1. The Kier molecular flexibility index (Phi) is 5.12. The lowest BCUT2D eigenvalue weighted by Crippen LogP contribution is -2.45. The van der Waals surface area contributed by atoms with E-state index in [1.165, 1.54) is 10.6 Å². The lowest BCUT2D eigenvalue weighted by atomic mass is 9.95. The Morgan fingerprint density at radius 3 is 2.70 bits per heavy atom. The van der Waals surface area contributed by atoms with Crippen LogP contribution in [0.25, 0.3) is 11.0 Å². The molecule has 2 atom stereocenters. The number of ether oxygens (including phenoxy) is 1. The van der Waals surface area contributed by atoms with Crippen LogP contribution in [0.5, 0.6) is 5.75 Å². The van der Waals surface area contributed by atoms with Crippen LogP contribution >= 0.6 is 0 Å². The molecule has 3 heterocycles. The summed E-state index contributed by atoms with van der Waals surface area (Å²) in [5.74, 6) is -1.50. The van der Waals surface area contributed by atoms with E-state index in [1.807, 2.05) is 13.0 Å². The van der Waals surface area contributed by atoms with Gasteiger partial charge in [-0.05, 0) is 24.3 Å². The number of halogens is 2. The van der Waals surface area contributed by atoms with Gasteiger partial charge in [0.15, 0.2) is 11.6 Å². The Labute approximate surface area is 171 Å². The second-order valence-electron chi connectivity index (χ2n) is 7.55. The molecule has 0 amide bonds. The molecule has 6 nitrogen and oxygen atoms in total. The van der Waals surface area contributed by atoms with Crippen molar-refractivity contribution in [2.45, 2.75) is 19.4 Å². The molecular weight excluding hydrogens is 390 g/mol. The Morgan fingerprint density at radius 1 is 1.20 bits per heavy atom. The number of pyridine rings is 2. The lowest BCUT2D eigenvalue weighted by molar-refractivity contribution is 0.121. The third-order valence-corrected chi connectivity index (χ3v) is 5.53. The Balaban J connectivity index is 1.60. The Bertz CT molecular complexity index is 1220. The summed E-state index contributed by atoms with van der Waals surface area (Å²) >= 11 is 0. The van der Waals surface area contributed by atoms with Crippen LogP contribution in [0, 0.1) is 28.9 Å². The van der Waals surface area contributed by atoms with Crippen LogP contribution in [0.4, 0.5) is 14.5 Å². The molecule has 4 rings (SSSR count). The van der Waals surface area contributed by atoms with Crippen molar-refractivity contribution in [2.24, 2.45) is 13.0 Å². The molecule has 2 aromatic heterocycles. The molecule has 0 N–H and O–H groups in total. The average molecular weight is 410 g/mol. The third kappa shape index (κ3) is 3.59. The van der Waals surface area contributed by atoms with E-state index in [0.717, 1.165) is 12.1 Å². The van der Waals surface area contributed by atoms with Crippen molar-refractivity contribution in [1.29, 1.82) is 5.26 Å². The van der Waals surface area contributed by atoms with Crippen LogP contribution in [0.2, 0.25) is 0 Å². The molecule has 1 aromatic carbocycles. The van der Waals surface area contributed by atoms with Gasteiger partial charge in [-0.1, -0.05) is 6.92 Å². The van der Waals surface area contributed by atoms with Crippen molar-refractivity contribution in [2.75, 3.05) is 18.0 Å². The zero-order valence-electron chi connectivity index (χ0n) is 16.6. The number of hydrogen-bond donors (Lipinski definition) is 0. The minimum atomic E-state index is -0.941. The molecular formula is C22H20F2N4O2. The highest BCUT2D eigenvalue weighted by molar-refractivity contribution is 5.88. The van der Waals surface area contributed by atoms with Gasteiger partial charge >= 0.3 is 0 Å². The molecule has 1 aliphatic heterocycles. The largest absolute Gasteiger partial charge is 0.490 e. The van der Waals surface area contributed by atoms with E-state index in [9.17, 15) is 18.8 Å². The molecule has 0 radical (unpaired) electrons. The van der Waals surface area contributed by atoms with Gasteiger partial charge in [-0.25, -0.2) is 13.8 Å². The third-order valence-electron chi connectivity index (χ3n) is 5.53. The first-order valence-electron chi connectivity index (χ1n) is 9.65. The second-order valence-corrected chi connectivity index (χ2v) is 7.55. The monoisotopic (exact) mass is 410 g/mol. The number of piperidine rings is 1. The van der Waals surface area contributed by atoms with Crippen molar-refractivity contribution in [1.82, 2.24) is 9.55 Å². The van der Waals surface area contributed by atoms with Crippen molar-refractivity contribution >= 4 is 16.7 Å².